The second-order valence-electron chi connectivity index (χ2n) is 8.65. The van der Waals surface area contributed by atoms with Crippen molar-refractivity contribution in [3.8, 4) is 0 Å². The molecular formula is C21H38N2O4. The summed E-state index contributed by atoms with van der Waals surface area (Å²) < 4.78 is 5.36. The Labute approximate surface area is 163 Å². The highest BCUT2D eigenvalue weighted by molar-refractivity contribution is 5.91. The fourth-order valence-electron chi connectivity index (χ4n) is 3.52. The number of carbonyl (C=O) groups excluding carboxylic acids is 2. The summed E-state index contributed by atoms with van der Waals surface area (Å²) >= 11 is 0. The zero-order chi connectivity index (χ0) is 20.4. The highest BCUT2D eigenvalue weighted by Crippen LogP contribution is 2.29. The highest BCUT2D eigenvalue weighted by Gasteiger charge is 2.29. The molecule has 1 aliphatic carbocycles. The molecule has 0 heterocycles. The highest BCUT2D eigenvalue weighted by atomic mass is 16.6. The van der Waals surface area contributed by atoms with Crippen LogP contribution in [0.15, 0.2) is 11.6 Å². The third kappa shape index (κ3) is 9.80. The van der Waals surface area contributed by atoms with Crippen LogP contribution in [0.1, 0.15) is 85.5 Å². The van der Waals surface area contributed by atoms with E-state index in [1.807, 2.05) is 6.92 Å². The van der Waals surface area contributed by atoms with E-state index in [4.69, 9.17) is 10.5 Å². The normalized spacial score (nSPS) is 18.6. The lowest BCUT2D eigenvalue weighted by Gasteiger charge is -2.31. The molecule has 0 aromatic rings. The molecule has 1 fully saturated rings. The van der Waals surface area contributed by atoms with Gasteiger partial charge in [0.2, 0.25) is 5.91 Å². The number of primary amides is 1. The summed E-state index contributed by atoms with van der Waals surface area (Å²) in [5, 5.41) is 13.6. The third-order valence-electron chi connectivity index (χ3n) is 4.90. The largest absolute Gasteiger partial charge is 0.444 e. The van der Waals surface area contributed by atoms with Gasteiger partial charge in [0.1, 0.15) is 5.60 Å². The molecule has 0 saturated heterocycles. The minimum Gasteiger partial charge on any atom is -0.444 e. The number of carbonyl (C=O) groups is 2. The summed E-state index contributed by atoms with van der Waals surface area (Å²) in [6.07, 6.45) is 8.64. The fraction of sp³-hybridized carbons (Fsp3) is 0.810. The Morgan fingerprint density at radius 2 is 1.89 bits per heavy atom. The first kappa shape index (κ1) is 23.5. The van der Waals surface area contributed by atoms with Gasteiger partial charge in [-0.15, -0.1) is 0 Å². The molecule has 2 unspecified atom stereocenters. The first-order chi connectivity index (χ1) is 12.6. The van der Waals surface area contributed by atoms with Crippen molar-refractivity contribution in [1.82, 2.24) is 5.32 Å². The summed E-state index contributed by atoms with van der Waals surface area (Å²) in [6, 6.07) is -0.465. The molecule has 0 radical (unpaired) electrons. The number of nitrogens with two attached hydrogens (primary N) is 1. The van der Waals surface area contributed by atoms with E-state index in [0.29, 0.717) is 17.9 Å². The van der Waals surface area contributed by atoms with E-state index in [2.05, 4.69) is 5.32 Å². The van der Waals surface area contributed by atoms with Crippen LogP contribution < -0.4 is 11.1 Å². The number of aliphatic hydroxyl groups is 1. The van der Waals surface area contributed by atoms with Crippen molar-refractivity contribution in [2.24, 2.45) is 11.7 Å². The Morgan fingerprint density at radius 3 is 2.41 bits per heavy atom. The first-order valence-electron chi connectivity index (χ1n) is 10.3. The standard InChI is InChI=1S/C21H38N2O4/c1-5-6-12-16(19(22)25)14-18(24)17(13-15-10-8-7-9-11-15)23-20(26)27-21(2,3)4/h12,15,17-18,24H,5-11,13-14H2,1-4H3,(H2,22,25)(H,23,26)/b16-12-. The number of ether oxygens (including phenoxy) is 1. The molecule has 1 aliphatic rings. The Bertz CT molecular complexity index is 505. The first-order valence-corrected chi connectivity index (χ1v) is 10.3. The lowest BCUT2D eigenvalue weighted by molar-refractivity contribution is -0.115. The van der Waals surface area contributed by atoms with Gasteiger partial charge in [-0.2, -0.15) is 0 Å². The Balaban J connectivity index is 2.83. The van der Waals surface area contributed by atoms with Crippen LogP contribution in [-0.2, 0) is 9.53 Å². The zero-order valence-corrected chi connectivity index (χ0v) is 17.4. The molecule has 1 rings (SSSR count). The van der Waals surface area contributed by atoms with Crippen LogP contribution in [-0.4, -0.2) is 34.9 Å². The summed E-state index contributed by atoms with van der Waals surface area (Å²) in [5.41, 5.74) is 5.28. The van der Waals surface area contributed by atoms with Crippen molar-refractivity contribution in [3.05, 3.63) is 11.6 Å². The maximum atomic E-state index is 12.3. The lowest BCUT2D eigenvalue weighted by atomic mass is 9.83. The van der Waals surface area contributed by atoms with Gasteiger partial charge in [-0.25, -0.2) is 4.79 Å². The quantitative estimate of drug-likeness (QED) is 0.528. The number of aliphatic hydroxyl groups excluding tert-OH is 1. The van der Waals surface area contributed by atoms with Gasteiger partial charge >= 0.3 is 6.09 Å². The molecule has 27 heavy (non-hydrogen) atoms. The average molecular weight is 383 g/mol. The van der Waals surface area contributed by atoms with E-state index in [0.717, 1.165) is 25.7 Å². The number of rotatable bonds is 9. The molecule has 6 nitrogen and oxygen atoms in total. The van der Waals surface area contributed by atoms with Crippen molar-refractivity contribution < 1.29 is 19.4 Å². The second kappa shape index (κ2) is 11.3. The van der Waals surface area contributed by atoms with Gasteiger partial charge in [-0.3, -0.25) is 4.79 Å². The fourth-order valence-corrected chi connectivity index (χ4v) is 3.52. The van der Waals surface area contributed by atoms with Crippen molar-refractivity contribution in [3.63, 3.8) is 0 Å². The van der Waals surface area contributed by atoms with Crippen molar-refractivity contribution in [2.45, 2.75) is 103 Å². The van der Waals surface area contributed by atoms with E-state index >= 15 is 0 Å². The van der Waals surface area contributed by atoms with Gasteiger partial charge in [-0.05, 0) is 39.5 Å². The van der Waals surface area contributed by atoms with Crippen LogP contribution in [0.5, 0.6) is 0 Å². The topological polar surface area (TPSA) is 102 Å². The molecule has 6 heteroatoms. The number of amides is 2. The van der Waals surface area contributed by atoms with Crippen LogP contribution in [0, 0.1) is 5.92 Å². The Morgan fingerprint density at radius 1 is 1.26 bits per heavy atom. The number of alkyl carbamates (subject to hydrolysis) is 1. The van der Waals surface area contributed by atoms with E-state index in [9.17, 15) is 14.7 Å². The molecule has 156 valence electrons. The maximum absolute atomic E-state index is 12.3. The van der Waals surface area contributed by atoms with Crippen molar-refractivity contribution in [2.75, 3.05) is 0 Å². The predicted octanol–water partition coefficient (Wildman–Crippen LogP) is 3.81. The average Bonchev–Trinajstić information content (AvgIpc) is 2.56. The number of hydrogen-bond donors (Lipinski definition) is 3. The van der Waals surface area contributed by atoms with Crippen LogP contribution in [0.4, 0.5) is 4.79 Å². The van der Waals surface area contributed by atoms with Crippen LogP contribution in [0.25, 0.3) is 0 Å². The maximum Gasteiger partial charge on any atom is 0.407 e. The lowest BCUT2D eigenvalue weighted by Crippen LogP contribution is -2.47. The zero-order valence-electron chi connectivity index (χ0n) is 17.4. The third-order valence-corrected chi connectivity index (χ3v) is 4.90. The molecule has 0 aromatic carbocycles. The van der Waals surface area contributed by atoms with Crippen LogP contribution >= 0.6 is 0 Å². The molecular weight excluding hydrogens is 344 g/mol. The van der Waals surface area contributed by atoms with Gasteiger partial charge in [0.15, 0.2) is 0 Å². The Kier molecular flexibility index (Phi) is 9.84. The number of allylic oxidation sites excluding steroid dienone is 1. The minimum atomic E-state index is -0.880. The van der Waals surface area contributed by atoms with Gasteiger partial charge in [-0.1, -0.05) is 51.5 Å². The SMILES string of the molecule is CCC/C=C(/CC(O)C(CC1CCCCC1)NC(=O)OC(C)(C)C)C(N)=O. The summed E-state index contributed by atoms with van der Waals surface area (Å²) in [6.45, 7) is 7.43. The summed E-state index contributed by atoms with van der Waals surface area (Å²) in [5.74, 6) is -0.0545. The molecule has 0 aliphatic heterocycles. The van der Waals surface area contributed by atoms with E-state index in [1.165, 1.54) is 19.3 Å². The van der Waals surface area contributed by atoms with Crippen molar-refractivity contribution >= 4 is 12.0 Å². The monoisotopic (exact) mass is 382 g/mol. The molecule has 2 amide bonds. The minimum absolute atomic E-state index is 0.141. The molecule has 2 atom stereocenters. The van der Waals surface area contributed by atoms with Gasteiger partial charge < -0.3 is 20.9 Å². The molecule has 1 saturated carbocycles. The van der Waals surface area contributed by atoms with Crippen molar-refractivity contribution in [1.29, 1.82) is 0 Å². The molecule has 0 aromatic heterocycles. The number of unbranched alkanes of at least 4 members (excludes halogenated alkanes) is 1. The second-order valence-corrected chi connectivity index (χ2v) is 8.65. The van der Waals surface area contributed by atoms with E-state index < -0.39 is 29.7 Å². The van der Waals surface area contributed by atoms with E-state index in [-0.39, 0.29) is 6.42 Å². The molecule has 0 spiro atoms. The van der Waals surface area contributed by atoms with Crippen LogP contribution in [0.2, 0.25) is 0 Å². The van der Waals surface area contributed by atoms with E-state index in [1.54, 1.807) is 26.8 Å². The smallest absolute Gasteiger partial charge is 0.407 e. The number of hydrogen-bond acceptors (Lipinski definition) is 4. The van der Waals surface area contributed by atoms with Gasteiger partial charge in [0, 0.05) is 12.0 Å². The van der Waals surface area contributed by atoms with Gasteiger partial charge in [0.25, 0.3) is 0 Å². The van der Waals surface area contributed by atoms with Crippen LogP contribution in [0.3, 0.4) is 0 Å². The predicted molar refractivity (Wildman–Crippen MR) is 107 cm³/mol. The van der Waals surface area contributed by atoms with Gasteiger partial charge in [0.05, 0.1) is 12.1 Å². The summed E-state index contributed by atoms with van der Waals surface area (Å²) in [4.78, 5) is 24.0. The molecule has 0 bridgehead atoms. The summed E-state index contributed by atoms with van der Waals surface area (Å²) in [7, 11) is 0. The number of nitrogens with one attached hydrogen (secondary N) is 1. The Hall–Kier alpha value is -1.56. The molecule has 4 N–H and O–H groups in total.